The van der Waals surface area contributed by atoms with Crippen molar-refractivity contribution in [1.29, 1.82) is 0 Å². The van der Waals surface area contributed by atoms with Gasteiger partial charge in [0.25, 0.3) is 12.3 Å². The summed E-state index contributed by atoms with van der Waals surface area (Å²) in [5, 5.41) is 5.44. The number of halogens is 2. The molecule has 8 rings (SSSR count). The van der Waals surface area contributed by atoms with Gasteiger partial charge in [0.15, 0.2) is 0 Å². The van der Waals surface area contributed by atoms with Crippen LogP contribution in [0, 0.1) is 18.8 Å². The molecule has 1 atom stereocenters. The first kappa shape index (κ1) is 42.8. The quantitative estimate of drug-likeness (QED) is 0.0806. The van der Waals surface area contributed by atoms with E-state index in [-0.39, 0.29) is 29.5 Å². The van der Waals surface area contributed by atoms with Gasteiger partial charge in [0.2, 0.25) is 24.6 Å². The van der Waals surface area contributed by atoms with Crippen LogP contribution in [0.2, 0.25) is 0 Å². The first-order chi connectivity index (χ1) is 29.1. The summed E-state index contributed by atoms with van der Waals surface area (Å²) in [6.07, 6.45) is 2.16. The summed E-state index contributed by atoms with van der Waals surface area (Å²) in [6.45, 7) is 10.4. The maximum Gasteiger partial charge on any atom is 0.265 e. The Hall–Kier alpha value is -6.82. The highest BCUT2D eigenvalue weighted by molar-refractivity contribution is 6.05. The van der Waals surface area contributed by atoms with E-state index in [0.29, 0.717) is 74.0 Å². The zero-order valence-electron chi connectivity index (χ0n) is 33.9. The smallest absolute Gasteiger partial charge is 0.265 e. The van der Waals surface area contributed by atoms with Crippen LogP contribution in [0.15, 0.2) is 60.8 Å². The molecule has 2 aromatic carbocycles. The van der Waals surface area contributed by atoms with E-state index in [0.717, 1.165) is 52.4 Å². The van der Waals surface area contributed by atoms with Gasteiger partial charge in [-0.05, 0) is 55.3 Å². The van der Waals surface area contributed by atoms with Crippen LogP contribution in [0.5, 0.6) is 0 Å². The number of piperidine rings is 1. The van der Waals surface area contributed by atoms with Crippen LogP contribution in [0.25, 0.3) is 33.4 Å². The third kappa shape index (κ3) is 8.92. The first-order valence-electron chi connectivity index (χ1n) is 20.0. The molecular formula is C45H46F2N8O5. The summed E-state index contributed by atoms with van der Waals surface area (Å²) in [4.78, 5) is 74.6. The molecule has 0 aliphatic carbocycles. The summed E-state index contributed by atoms with van der Waals surface area (Å²) < 4.78 is 30.5. The number of carbonyl (C=O) groups is 5. The number of alkyl halides is 2. The van der Waals surface area contributed by atoms with Crippen molar-refractivity contribution in [1.82, 2.24) is 40.0 Å². The van der Waals surface area contributed by atoms with Crippen molar-refractivity contribution in [3.63, 3.8) is 0 Å². The van der Waals surface area contributed by atoms with Gasteiger partial charge >= 0.3 is 0 Å². The lowest BCUT2D eigenvalue weighted by Crippen LogP contribution is -2.52. The molecule has 3 aliphatic heterocycles. The molecule has 1 fully saturated rings. The topological polar surface area (TPSA) is 159 Å². The molecule has 310 valence electrons. The number of hydrogen-bond acceptors (Lipinski definition) is 8. The van der Waals surface area contributed by atoms with Gasteiger partial charge in [0.1, 0.15) is 11.9 Å². The number of pyridine rings is 2. The molecule has 0 spiro atoms. The van der Waals surface area contributed by atoms with Gasteiger partial charge in [-0.25, -0.2) is 18.7 Å². The monoisotopic (exact) mass is 816 g/mol. The minimum absolute atomic E-state index is 0.140. The second kappa shape index (κ2) is 19.3. The Kier molecular flexibility index (Phi) is 13.8. The zero-order chi connectivity index (χ0) is 42.9. The van der Waals surface area contributed by atoms with Crippen molar-refractivity contribution >= 4 is 41.4 Å². The number of imidazole rings is 1. The maximum atomic E-state index is 14.2. The third-order valence-corrected chi connectivity index (χ3v) is 10.4. The van der Waals surface area contributed by atoms with Crippen molar-refractivity contribution in [2.45, 2.75) is 85.5 Å². The second-order valence-corrected chi connectivity index (χ2v) is 14.0. The molecule has 0 bridgehead atoms. The molecule has 0 radical (unpaired) electrons. The zero-order valence-corrected chi connectivity index (χ0v) is 33.9. The van der Waals surface area contributed by atoms with Crippen LogP contribution in [0.1, 0.15) is 90.7 Å². The second-order valence-electron chi connectivity index (χ2n) is 14.0. The molecule has 13 nitrogen and oxygen atoms in total. The molecule has 15 heteroatoms. The van der Waals surface area contributed by atoms with Crippen molar-refractivity contribution in [3.05, 3.63) is 100 Å². The molecule has 2 N–H and O–H groups in total. The van der Waals surface area contributed by atoms with Gasteiger partial charge in [0.05, 0.1) is 29.1 Å². The Balaban J connectivity index is 0.000000200. The summed E-state index contributed by atoms with van der Waals surface area (Å²) >= 11 is 0. The lowest BCUT2D eigenvalue weighted by molar-refractivity contribution is -0.137. The Morgan fingerprint density at radius 1 is 0.983 bits per heavy atom. The molecule has 1 unspecified atom stereocenters. The van der Waals surface area contributed by atoms with Gasteiger partial charge in [-0.2, -0.15) is 0 Å². The average molecular weight is 817 g/mol. The summed E-state index contributed by atoms with van der Waals surface area (Å²) in [7, 11) is 0. The lowest BCUT2D eigenvalue weighted by atomic mass is 9.99. The molecule has 6 heterocycles. The summed E-state index contributed by atoms with van der Waals surface area (Å²) in [5.74, 6) is 5.97. The van der Waals surface area contributed by atoms with Crippen LogP contribution in [0.3, 0.4) is 0 Å². The molecule has 5 aromatic rings. The van der Waals surface area contributed by atoms with Crippen molar-refractivity contribution in [3.8, 4) is 34.4 Å². The van der Waals surface area contributed by atoms with Crippen LogP contribution in [-0.2, 0) is 45.2 Å². The van der Waals surface area contributed by atoms with Gasteiger partial charge in [-0.3, -0.25) is 34.3 Å². The molecule has 3 aliphatic rings. The van der Waals surface area contributed by atoms with E-state index in [9.17, 15) is 32.8 Å². The highest BCUT2D eigenvalue weighted by Gasteiger charge is 2.39. The van der Waals surface area contributed by atoms with Crippen LogP contribution in [-0.4, -0.2) is 79.0 Å². The van der Waals surface area contributed by atoms with Crippen molar-refractivity contribution in [2.75, 3.05) is 13.1 Å². The first-order valence-corrected chi connectivity index (χ1v) is 20.0. The van der Waals surface area contributed by atoms with Gasteiger partial charge < -0.3 is 19.7 Å². The largest absolute Gasteiger partial charge is 0.358 e. The van der Waals surface area contributed by atoms with Gasteiger partial charge in [0, 0.05) is 90.5 Å². The minimum Gasteiger partial charge on any atom is -0.358 e. The molecule has 3 aromatic heterocycles. The number of aryl methyl sites for hydroxylation is 2. The summed E-state index contributed by atoms with van der Waals surface area (Å²) in [6, 6.07) is 15.3. The van der Waals surface area contributed by atoms with Crippen LogP contribution in [0.4, 0.5) is 8.78 Å². The molecule has 1 saturated heterocycles. The molecule has 60 heavy (non-hydrogen) atoms. The van der Waals surface area contributed by atoms with E-state index in [2.05, 4.69) is 37.0 Å². The van der Waals surface area contributed by atoms with Gasteiger partial charge in [-0.1, -0.05) is 50.8 Å². The third-order valence-electron chi connectivity index (χ3n) is 10.4. The van der Waals surface area contributed by atoms with E-state index in [1.54, 1.807) is 35.4 Å². The van der Waals surface area contributed by atoms with E-state index in [1.807, 2.05) is 52.0 Å². The predicted molar refractivity (Wildman–Crippen MR) is 221 cm³/mol. The number of benzene rings is 2. The van der Waals surface area contributed by atoms with E-state index < -0.39 is 18.4 Å². The van der Waals surface area contributed by atoms with Crippen LogP contribution >= 0.6 is 0 Å². The fourth-order valence-corrected chi connectivity index (χ4v) is 7.51. The van der Waals surface area contributed by atoms with E-state index in [4.69, 9.17) is 4.98 Å². The fraction of sp³-hybridized carbons (Fsp3) is 0.333. The lowest BCUT2D eigenvalue weighted by Gasteiger charge is -2.29. The van der Waals surface area contributed by atoms with Crippen molar-refractivity contribution in [2.24, 2.45) is 0 Å². The Bertz CT molecular complexity index is 2490. The standard InChI is InChI=1S/C25H23F2N5O.C18H17N3O4.C2H6/c1-3-22-30-24(21-13-31(14-33)9-10-32(21)22)17-5-4-6-20-18(17)11-19(25(26)27)23(29-20)16-8-7-15(2)28-12-16;22-11-19-9-2-1-4-12-5-3-6-13-14(12)10-21(18(13)25)15-7-8-16(23)20-17(15)24;1-2/h4-8,11-12,14,25H,3,9-10,13H2,1-2H3;3,5-6,11,15H,2,7-10H2,(H,19,22)(H,20,23,24);1-2H3. The number of hydrogen-bond donors (Lipinski definition) is 2. The number of amides is 5. The number of carbonyl (C=O) groups excluding carboxylic acids is 5. The fourth-order valence-electron chi connectivity index (χ4n) is 7.51. The number of fused-ring (bicyclic) bond motifs is 3. The Morgan fingerprint density at radius 2 is 1.77 bits per heavy atom. The van der Waals surface area contributed by atoms with Crippen LogP contribution < -0.4 is 10.6 Å². The Labute approximate surface area is 346 Å². The Morgan fingerprint density at radius 3 is 2.47 bits per heavy atom. The maximum absolute atomic E-state index is 14.2. The minimum atomic E-state index is -2.70. The number of imide groups is 1. The molecule has 5 amide bonds. The number of nitrogens with one attached hydrogen (secondary N) is 2. The molecular weight excluding hydrogens is 771 g/mol. The average Bonchev–Trinajstić information content (AvgIpc) is 3.81. The number of aromatic nitrogens is 4. The molecule has 0 saturated carbocycles. The van der Waals surface area contributed by atoms with Gasteiger partial charge in [-0.15, -0.1) is 0 Å². The number of nitrogens with zero attached hydrogens (tertiary/aromatic N) is 6. The number of rotatable bonds is 9. The highest BCUT2D eigenvalue weighted by atomic mass is 19.3. The highest BCUT2D eigenvalue weighted by Crippen LogP contribution is 2.38. The summed E-state index contributed by atoms with van der Waals surface area (Å²) in [5.41, 5.74) is 6.52. The SMILES string of the molecule is CC.CCc1nc(-c2cccc3nc(-c4ccc(C)nc4)c(C(F)F)cc23)c2n1CCN(C=O)C2.O=CNCCC#Cc1cccc2c1CN(C1CCC(=O)NC1=O)C2=O. The normalized spacial score (nSPS) is 15.4. The predicted octanol–water partition coefficient (Wildman–Crippen LogP) is 5.90. The van der Waals surface area contributed by atoms with Crippen molar-refractivity contribution < 1.29 is 32.8 Å². The van der Waals surface area contributed by atoms with E-state index in [1.165, 1.54) is 11.0 Å². The van der Waals surface area contributed by atoms with E-state index >= 15 is 0 Å².